The lowest BCUT2D eigenvalue weighted by Crippen LogP contribution is -2.42. The normalized spacial score (nSPS) is 20.3. The fraction of sp³-hybridized carbons (Fsp3) is 0.286. The van der Waals surface area contributed by atoms with Crippen LogP contribution in [0.4, 0.5) is 4.39 Å². The number of para-hydroxylation sites is 1. The van der Waals surface area contributed by atoms with E-state index in [4.69, 9.17) is 10.5 Å². The molecule has 1 heterocycles. The Balaban J connectivity index is 1.68. The third-order valence-electron chi connectivity index (χ3n) is 4.72. The van der Waals surface area contributed by atoms with Crippen molar-refractivity contribution in [1.82, 2.24) is 5.32 Å². The number of ether oxygens (including phenoxy) is 1. The van der Waals surface area contributed by atoms with E-state index in [1.54, 1.807) is 36.4 Å². The van der Waals surface area contributed by atoms with Crippen molar-refractivity contribution in [2.45, 2.75) is 18.8 Å². The molecule has 0 fully saturated rings. The number of benzene rings is 2. The van der Waals surface area contributed by atoms with Gasteiger partial charge in [-0.1, -0.05) is 30.3 Å². The number of hydrogen-bond acceptors (Lipinski definition) is 5. The quantitative estimate of drug-likeness (QED) is 0.580. The standard InChI is InChI=1S/C21H23FN2O4/c22-14-7-5-13(6-8-14)16-9-10-24-21(27)18(16)11-15(25)12-28-19-4-2-1-3-17(19)20(23)26/h1-9,15,18,21,24-25,27H,10-12H2,(H2,23,26). The van der Waals surface area contributed by atoms with E-state index in [0.29, 0.717) is 12.3 Å². The molecule has 0 radical (unpaired) electrons. The van der Waals surface area contributed by atoms with Gasteiger partial charge in [-0.25, -0.2) is 4.39 Å². The topological polar surface area (TPSA) is 105 Å². The highest BCUT2D eigenvalue weighted by Crippen LogP contribution is 2.32. The Morgan fingerprint density at radius 2 is 1.96 bits per heavy atom. The first-order valence-corrected chi connectivity index (χ1v) is 9.03. The predicted molar refractivity (Wildman–Crippen MR) is 103 cm³/mol. The Labute approximate surface area is 162 Å². The molecule has 0 aromatic heterocycles. The van der Waals surface area contributed by atoms with Crippen molar-refractivity contribution < 1.29 is 24.1 Å². The average molecular weight is 386 g/mol. The summed E-state index contributed by atoms with van der Waals surface area (Å²) in [5, 5.41) is 23.8. The lowest BCUT2D eigenvalue weighted by atomic mass is 9.84. The predicted octanol–water partition coefficient (Wildman–Crippen LogP) is 1.68. The number of hydrogen-bond donors (Lipinski definition) is 4. The van der Waals surface area contributed by atoms with Gasteiger partial charge in [0.25, 0.3) is 5.91 Å². The van der Waals surface area contributed by atoms with Crippen molar-refractivity contribution in [1.29, 1.82) is 0 Å². The molecule has 3 unspecified atom stereocenters. The van der Waals surface area contributed by atoms with Crippen molar-refractivity contribution >= 4 is 11.5 Å². The maximum Gasteiger partial charge on any atom is 0.252 e. The molecule has 6 nitrogen and oxygen atoms in total. The SMILES string of the molecule is NC(=O)c1ccccc1OCC(O)CC1C(c2ccc(F)cc2)=CCNC1O. The van der Waals surface area contributed by atoms with Crippen LogP contribution in [0.15, 0.2) is 54.6 Å². The Bertz CT molecular complexity index is 854. The summed E-state index contributed by atoms with van der Waals surface area (Å²) >= 11 is 0. The molecule has 1 aliphatic heterocycles. The van der Waals surface area contributed by atoms with E-state index in [0.717, 1.165) is 11.1 Å². The summed E-state index contributed by atoms with van der Waals surface area (Å²) in [6, 6.07) is 12.6. The van der Waals surface area contributed by atoms with Gasteiger partial charge in [0.1, 0.15) is 24.4 Å². The first kappa shape index (κ1) is 20.0. The number of amides is 1. The molecule has 0 aliphatic carbocycles. The lowest BCUT2D eigenvalue weighted by Gasteiger charge is -2.32. The van der Waals surface area contributed by atoms with Crippen LogP contribution in [0.2, 0.25) is 0 Å². The van der Waals surface area contributed by atoms with E-state index in [1.165, 1.54) is 12.1 Å². The number of carbonyl (C=O) groups is 1. The van der Waals surface area contributed by atoms with Crippen LogP contribution in [0, 0.1) is 11.7 Å². The van der Waals surface area contributed by atoms with Gasteiger partial charge in [-0.05, 0) is 41.8 Å². The second-order valence-corrected chi connectivity index (χ2v) is 6.69. The average Bonchev–Trinajstić information content (AvgIpc) is 2.69. The highest BCUT2D eigenvalue weighted by atomic mass is 19.1. The highest BCUT2D eigenvalue weighted by molar-refractivity contribution is 5.95. The Morgan fingerprint density at radius 3 is 2.68 bits per heavy atom. The highest BCUT2D eigenvalue weighted by Gasteiger charge is 2.29. The molecule has 0 bridgehead atoms. The Kier molecular flexibility index (Phi) is 6.41. The molecule has 3 rings (SSSR count). The molecular formula is C21H23FN2O4. The zero-order valence-corrected chi connectivity index (χ0v) is 15.2. The molecule has 0 saturated carbocycles. The fourth-order valence-corrected chi connectivity index (χ4v) is 3.33. The van der Waals surface area contributed by atoms with Crippen molar-refractivity contribution in [2.75, 3.05) is 13.2 Å². The lowest BCUT2D eigenvalue weighted by molar-refractivity contribution is 0.0430. The number of carbonyl (C=O) groups excluding carboxylic acids is 1. The minimum absolute atomic E-state index is 0.0653. The zero-order valence-electron chi connectivity index (χ0n) is 15.2. The first-order chi connectivity index (χ1) is 13.5. The summed E-state index contributed by atoms with van der Waals surface area (Å²) in [4.78, 5) is 11.5. The van der Waals surface area contributed by atoms with Gasteiger partial charge in [-0.3, -0.25) is 10.1 Å². The summed E-state index contributed by atoms with van der Waals surface area (Å²) < 4.78 is 18.8. The number of primary amides is 1. The van der Waals surface area contributed by atoms with Crippen molar-refractivity contribution in [3.8, 4) is 5.75 Å². The van der Waals surface area contributed by atoms with Crippen LogP contribution in [0.5, 0.6) is 5.75 Å². The molecule has 7 heteroatoms. The van der Waals surface area contributed by atoms with Crippen LogP contribution < -0.4 is 15.8 Å². The molecule has 0 spiro atoms. The number of rotatable bonds is 7. The molecule has 1 aliphatic rings. The minimum Gasteiger partial charge on any atom is -0.490 e. The second kappa shape index (κ2) is 8.97. The molecule has 5 N–H and O–H groups in total. The van der Waals surface area contributed by atoms with E-state index < -0.39 is 24.2 Å². The van der Waals surface area contributed by atoms with Crippen LogP contribution in [0.25, 0.3) is 5.57 Å². The number of aliphatic hydroxyl groups is 2. The summed E-state index contributed by atoms with van der Waals surface area (Å²) in [6.07, 6.45) is 0.387. The van der Waals surface area contributed by atoms with Crippen LogP contribution in [0.3, 0.4) is 0 Å². The van der Waals surface area contributed by atoms with Crippen molar-refractivity contribution in [2.24, 2.45) is 11.7 Å². The molecule has 1 amide bonds. The summed E-state index contributed by atoms with van der Waals surface area (Å²) in [5.41, 5.74) is 7.19. The zero-order chi connectivity index (χ0) is 20.1. The van der Waals surface area contributed by atoms with Gasteiger partial charge in [-0.15, -0.1) is 0 Å². The monoisotopic (exact) mass is 386 g/mol. The summed E-state index contributed by atoms with van der Waals surface area (Å²) in [5.74, 6) is -1.05. The molecule has 148 valence electrons. The van der Waals surface area contributed by atoms with Gasteiger partial charge in [0, 0.05) is 12.5 Å². The van der Waals surface area contributed by atoms with E-state index in [9.17, 15) is 19.4 Å². The van der Waals surface area contributed by atoms with Crippen molar-refractivity contribution in [3.63, 3.8) is 0 Å². The maximum absolute atomic E-state index is 13.2. The van der Waals surface area contributed by atoms with Crippen LogP contribution in [-0.2, 0) is 0 Å². The molecule has 2 aromatic rings. The van der Waals surface area contributed by atoms with Gasteiger partial charge < -0.3 is 20.7 Å². The molecule has 3 atom stereocenters. The minimum atomic E-state index is -0.899. The van der Waals surface area contributed by atoms with E-state index >= 15 is 0 Å². The van der Waals surface area contributed by atoms with E-state index in [2.05, 4.69) is 5.32 Å². The third-order valence-corrected chi connectivity index (χ3v) is 4.72. The third kappa shape index (κ3) is 4.75. The van der Waals surface area contributed by atoms with Crippen LogP contribution in [-0.4, -0.2) is 41.6 Å². The van der Waals surface area contributed by atoms with Crippen LogP contribution in [0.1, 0.15) is 22.3 Å². The van der Waals surface area contributed by atoms with E-state index in [-0.39, 0.29) is 24.4 Å². The van der Waals surface area contributed by atoms with Crippen molar-refractivity contribution in [3.05, 3.63) is 71.6 Å². The van der Waals surface area contributed by atoms with Gasteiger partial charge >= 0.3 is 0 Å². The number of aliphatic hydroxyl groups excluding tert-OH is 2. The Morgan fingerprint density at radius 1 is 1.25 bits per heavy atom. The number of halogens is 1. The largest absolute Gasteiger partial charge is 0.490 e. The summed E-state index contributed by atoms with van der Waals surface area (Å²) in [7, 11) is 0. The van der Waals surface area contributed by atoms with Gasteiger partial charge in [0.05, 0.1) is 11.7 Å². The van der Waals surface area contributed by atoms with Crippen LogP contribution >= 0.6 is 0 Å². The number of nitrogens with two attached hydrogens (primary N) is 1. The first-order valence-electron chi connectivity index (χ1n) is 9.03. The fourth-order valence-electron chi connectivity index (χ4n) is 3.33. The van der Waals surface area contributed by atoms with Gasteiger partial charge in [0.15, 0.2) is 0 Å². The maximum atomic E-state index is 13.2. The molecule has 28 heavy (non-hydrogen) atoms. The number of nitrogens with one attached hydrogen (secondary N) is 1. The van der Waals surface area contributed by atoms with Gasteiger partial charge in [0.2, 0.25) is 0 Å². The Hall–Kier alpha value is -2.74. The summed E-state index contributed by atoms with van der Waals surface area (Å²) in [6.45, 7) is 0.410. The molecule has 2 aromatic carbocycles. The second-order valence-electron chi connectivity index (χ2n) is 6.69. The molecular weight excluding hydrogens is 363 g/mol. The smallest absolute Gasteiger partial charge is 0.252 e. The molecule has 0 saturated heterocycles. The van der Waals surface area contributed by atoms with Gasteiger partial charge in [-0.2, -0.15) is 0 Å². The van der Waals surface area contributed by atoms with E-state index in [1.807, 2.05) is 6.08 Å².